The lowest BCUT2D eigenvalue weighted by atomic mass is 9.79. The first-order valence-electron chi connectivity index (χ1n) is 7.34. The number of aryl methyl sites for hydroxylation is 1. The summed E-state index contributed by atoms with van der Waals surface area (Å²) in [5.41, 5.74) is -0.258. The highest BCUT2D eigenvalue weighted by Gasteiger charge is 2.46. The van der Waals surface area contributed by atoms with Gasteiger partial charge in [0.15, 0.2) is 5.41 Å². The van der Waals surface area contributed by atoms with Crippen molar-refractivity contribution < 1.29 is 19.1 Å². The number of aromatic nitrogens is 1. The van der Waals surface area contributed by atoms with E-state index in [1.54, 1.807) is 33.2 Å². The first-order chi connectivity index (χ1) is 10.1. The van der Waals surface area contributed by atoms with E-state index in [9.17, 15) is 9.59 Å². The lowest BCUT2D eigenvalue weighted by molar-refractivity contribution is -0.173. The van der Waals surface area contributed by atoms with Crippen LogP contribution in [0.3, 0.4) is 0 Å². The molecule has 21 heavy (non-hydrogen) atoms. The summed E-state index contributed by atoms with van der Waals surface area (Å²) < 4.78 is 10.2. The smallest absolute Gasteiger partial charge is 0.323 e. The lowest BCUT2D eigenvalue weighted by Gasteiger charge is -2.27. The topological polar surface area (TPSA) is 65.5 Å². The quantitative estimate of drug-likeness (QED) is 0.544. The van der Waals surface area contributed by atoms with Gasteiger partial charge in [-0.25, -0.2) is 0 Å². The Bertz CT molecular complexity index is 441. The first-order valence-corrected chi connectivity index (χ1v) is 7.34. The number of nitrogens with zero attached hydrogens (tertiary/aromatic N) is 1. The Morgan fingerprint density at radius 1 is 1.14 bits per heavy atom. The van der Waals surface area contributed by atoms with E-state index in [1.807, 2.05) is 12.1 Å². The summed E-state index contributed by atoms with van der Waals surface area (Å²) in [6, 6.07) is 3.75. The summed E-state index contributed by atoms with van der Waals surface area (Å²) in [7, 11) is 0. The molecule has 1 rings (SSSR count). The fourth-order valence-electron chi connectivity index (χ4n) is 2.20. The highest BCUT2D eigenvalue weighted by atomic mass is 16.6. The highest BCUT2D eigenvalue weighted by molar-refractivity contribution is 6.00. The van der Waals surface area contributed by atoms with Crippen LogP contribution in [0.5, 0.6) is 0 Å². The molecule has 1 heterocycles. The van der Waals surface area contributed by atoms with E-state index in [2.05, 4.69) is 4.98 Å². The molecule has 1 aromatic rings. The van der Waals surface area contributed by atoms with Crippen molar-refractivity contribution in [1.29, 1.82) is 0 Å². The largest absolute Gasteiger partial charge is 0.465 e. The molecule has 0 aliphatic carbocycles. The van der Waals surface area contributed by atoms with Gasteiger partial charge < -0.3 is 9.47 Å². The average Bonchev–Trinajstić information content (AvgIpc) is 2.50. The second kappa shape index (κ2) is 8.39. The molecule has 0 radical (unpaired) electrons. The van der Waals surface area contributed by atoms with E-state index in [0.717, 1.165) is 5.56 Å². The van der Waals surface area contributed by atoms with Gasteiger partial charge in [0, 0.05) is 12.4 Å². The molecule has 5 nitrogen and oxygen atoms in total. The van der Waals surface area contributed by atoms with Crippen LogP contribution in [-0.2, 0) is 25.5 Å². The maximum Gasteiger partial charge on any atom is 0.323 e. The molecule has 0 atom stereocenters. The van der Waals surface area contributed by atoms with Crippen LogP contribution in [0.2, 0.25) is 0 Å². The molecule has 116 valence electrons. The Kier molecular flexibility index (Phi) is 6.85. The first kappa shape index (κ1) is 17.1. The van der Waals surface area contributed by atoms with Crippen molar-refractivity contribution in [3.63, 3.8) is 0 Å². The number of rotatable bonds is 8. The van der Waals surface area contributed by atoms with E-state index >= 15 is 0 Å². The van der Waals surface area contributed by atoms with Gasteiger partial charge in [-0.3, -0.25) is 14.6 Å². The van der Waals surface area contributed by atoms with Gasteiger partial charge in [0.05, 0.1) is 13.2 Å². The SMILES string of the molecule is CCOC(=O)C(CC)(CCc1cccnc1)C(=O)OCC. The minimum atomic E-state index is -1.23. The zero-order valence-corrected chi connectivity index (χ0v) is 12.9. The van der Waals surface area contributed by atoms with Crippen molar-refractivity contribution in [2.45, 2.75) is 40.0 Å². The van der Waals surface area contributed by atoms with Gasteiger partial charge in [0.1, 0.15) is 0 Å². The van der Waals surface area contributed by atoms with Crippen LogP contribution in [0.15, 0.2) is 24.5 Å². The molecule has 0 aliphatic rings. The van der Waals surface area contributed by atoms with Crippen molar-refractivity contribution in [2.24, 2.45) is 5.41 Å². The van der Waals surface area contributed by atoms with Crippen molar-refractivity contribution in [1.82, 2.24) is 4.98 Å². The average molecular weight is 293 g/mol. The highest BCUT2D eigenvalue weighted by Crippen LogP contribution is 2.32. The van der Waals surface area contributed by atoms with E-state index in [-0.39, 0.29) is 13.2 Å². The van der Waals surface area contributed by atoms with E-state index in [1.165, 1.54) is 0 Å². The van der Waals surface area contributed by atoms with Crippen LogP contribution in [0.25, 0.3) is 0 Å². The Labute approximate surface area is 125 Å². The van der Waals surface area contributed by atoms with E-state index < -0.39 is 17.4 Å². The van der Waals surface area contributed by atoms with Gasteiger partial charge in [-0.15, -0.1) is 0 Å². The summed E-state index contributed by atoms with van der Waals surface area (Å²) in [5.74, 6) is -1.01. The fraction of sp³-hybridized carbons (Fsp3) is 0.562. The van der Waals surface area contributed by atoms with Crippen LogP contribution in [-0.4, -0.2) is 30.1 Å². The van der Waals surface area contributed by atoms with Crippen LogP contribution >= 0.6 is 0 Å². The molecule has 0 amide bonds. The number of hydrogen-bond donors (Lipinski definition) is 0. The van der Waals surface area contributed by atoms with Crippen molar-refractivity contribution in [3.05, 3.63) is 30.1 Å². The number of carbonyl (C=O) groups is 2. The number of esters is 2. The monoisotopic (exact) mass is 293 g/mol. The number of pyridine rings is 1. The van der Waals surface area contributed by atoms with Crippen LogP contribution in [0, 0.1) is 5.41 Å². The fourth-order valence-corrected chi connectivity index (χ4v) is 2.20. The van der Waals surface area contributed by atoms with Crippen molar-refractivity contribution in [3.8, 4) is 0 Å². The van der Waals surface area contributed by atoms with E-state index in [0.29, 0.717) is 19.3 Å². The summed E-state index contributed by atoms with van der Waals surface area (Å²) in [6.45, 7) is 5.74. The molecule has 0 aliphatic heterocycles. The van der Waals surface area contributed by atoms with Gasteiger partial charge in [-0.2, -0.15) is 0 Å². The van der Waals surface area contributed by atoms with Gasteiger partial charge in [-0.05, 0) is 44.7 Å². The maximum absolute atomic E-state index is 12.3. The number of ether oxygens (including phenoxy) is 2. The third-order valence-electron chi connectivity index (χ3n) is 3.50. The van der Waals surface area contributed by atoms with Gasteiger partial charge in [0.25, 0.3) is 0 Å². The van der Waals surface area contributed by atoms with Crippen LogP contribution in [0.4, 0.5) is 0 Å². The minimum Gasteiger partial charge on any atom is -0.465 e. The number of hydrogen-bond acceptors (Lipinski definition) is 5. The predicted molar refractivity (Wildman–Crippen MR) is 78.5 cm³/mol. The summed E-state index contributed by atoms with van der Waals surface area (Å²) in [4.78, 5) is 28.6. The molecule has 1 aromatic heterocycles. The minimum absolute atomic E-state index is 0.243. The third-order valence-corrected chi connectivity index (χ3v) is 3.50. The normalized spacial score (nSPS) is 11.0. The van der Waals surface area contributed by atoms with Gasteiger partial charge in [-0.1, -0.05) is 13.0 Å². The summed E-state index contributed by atoms with van der Waals surface area (Å²) in [5, 5.41) is 0. The number of carbonyl (C=O) groups excluding carboxylic acids is 2. The Morgan fingerprint density at radius 3 is 2.19 bits per heavy atom. The Morgan fingerprint density at radius 2 is 1.76 bits per heavy atom. The maximum atomic E-state index is 12.3. The zero-order chi connectivity index (χ0) is 15.7. The zero-order valence-electron chi connectivity index (χ0n) is 12.9. The van der Waals surface area contributed by atoms with Crippen LogP contribution < -0.4 is 0 Å². The predicted octanol–water partition coefficient (Wildman–Crippen LogP) is 2.54. The second-order valence-corrected chi connectivity index (χ2v) is 4.74. The Hall–Kier alpha value is -1.91. The summed E-state index contributed by atoms with van der Waals surface area (Å²) >= 11 is 0. The molecule has 0 N–H and O–H groups in total. The molecule has 0 saturated heterocycles. The molecule has 0 aromatic carbocycles. The Balaban J connectivity index is 2.94. The molecule has 0 saturated carbocycles. The van der Waals surface area contributed by atoms with Crippen molar-refractivity contribution in [2.75, 3.05) is 13.2 Å². The molecule has 0 spiro atoms. The second-order valence-electron chi connectivity index (χ2n) is 4.74. The van der Waals surface area contributed by atoms with E-state index in [4.69, 9.17) is 9.47 Å². The molecule has 0 fully saturated rings. The lowest BCUT2D eigenvalue weighted by Crippen LogP contribution is -2.42. The molecule has 5 heteroatoms. The molecular weight excluding hydrogens is 270 g/mol. The molecular formula is C16H23NO4. The molecule has 0 bridgehead atoms. The summed E-state index contributed by atoms with van der Waals surface area (Å²) in [6.07, 6.45) is 4.70. The van der Waals surface area contributed by atoms with Gasteiger partial charge >= 0.3 is 11.9 Å². The molecule has 0 unspecified atom stereocenters. The van der Waals surface area contributed by atoms with Gasteiger partial charge in [0.2, 0.25) is 0 Å². The standard InChI is InChI=1S/C16H23NO4/c1-4-16(14(18)20-5-2,15(19)21-6-3)10-9-13-8-7-11-17-12-13/h7-8,11-12H,4-6,9-10H2,1-3H3. The van der Waals surface area contributed by atoms with Crippen LogP contribution in [0.1, 0.15) is 39.2 Å². The third kappa shape index (κ3) is 4.28. The van der Waals surface area contributed by atoms with Crippen molar-refractivity contribution >= 4 is 11.9 Å².